The van der Waals surface area contributed by atoms with Crippen LogP contribution < -0.4 is 5.32 Å². The second-order valence-electron chi connectivity index (χ2n) is 5.22. The molecule has 0 saturated heterocycles. The first-order valence-corrected chi connectivity index (χ1v) is 6.28. The molecule has 2 aliphatic rings. The highest BCUT2D eigenvalue weighted by molar-refractivity contribution is 5.64. The van der Waals surface area contributed by atoms with Crippen LogP contribution >= 0.6 is 0 Å². The fourth-order valence-corrected chi connectivity index (χ4v) is 3.35. The number of nitrogens with one attached hydrogen (secondary N) is 1. The van der Waals surface area contributed by atoms with Gasteiger partial charge in [-0.3, -0.25) is 0 Å². The second-order valence-corrected chi connectivity index (χ2v) is 5.22. The molecule has 0 bridgehead atoms. The van der Waals surface area contributed by atoms with Gasteiger partial charge in [0.1, 0.15) is 0 Å². The molecule has 2 aromatic carbocycles. The van der Waals surface area contributed by atoms with Gasteiger partial charge in [-0.15, -0.1) is 0 Å². The molecule has 2 aromatic rings. The van der Waals surface area contributed by atoms with Gasteiger partial charge in [0.25, 0.3) is 0 Å². The van der Waals surface area contributed by atoms with Crippen molar-refractivity contribution < 1.29 is 0 Å². The zero-order chi connectivity index (χ0) is 11.4. The Morgan fingerprint density at radius 1 is 1.06 bits per heavy atom. The molecule has 0 spiro atoms. The molecule has 1 N–H and O–H groups in total. The standard InChI is InChI=1S/C16H15N/c1-10-6-7-15-13(8-10)14-9-11-4-2-3-5-12(11)16(14)17-15/h2-8,14,16-17H,9H2,1H3/t14-,16-/m1/s1. The van der Waals surface area contributed by atoms with Crippen molar-refractivity contribution in [1.82, 2.24) is 0 Å². The Morgan fingerprint density at radius 3 is 2.88 bits per heavy atom. The maximum Gasteiger partial charge on any atom is 0.0589 e. The molecule has 1 nitrogen and oxygen atoms in total. The molecule has 1 heteroatoms. The summed E-state index contributed by atoms with van der Waals surface area (Å²) in [5.74, 6) is 0.641. The minimum Gasteiger partial charge on any atom is -0.377 e. The number of anilines is 1. The Labute approximate surface area is 101 Å². The Kier molecular flexibility index (Phi) is 1.71. The highest BCUT2D eigenvalue weighted by Crippen LogP contribution is 2.51. The molecular weight excluding hydrogens is 206 g/mol. The Bertz CT molecular complexity index is 600. The quantitative estimate of drug-likeness (QED) is 0.713. The van der Waals surface area contributed by atoms with Crippen molar-refractivity contribution in [2.24, 2.45) is 0 Å². The van der Waals surface area contributed by atoms with Gasteiger partial charge in [-0.1, -0.05) is 42.0 Å². The highest BCUT2D eigenvalue weighted by atomic mass is 15.0. The molecule has 0 saturated carbocycles. The average Bonchev–Trinajstić information content (AvgIpc) is 2.85. The summed E-state index contributed by atoms with van der Waals surface area (Å²) in [6.45, 7) is 2.18. The van der Waals surface area contributed by atoms with E-state index in [0.29, 0.717) is 12.0 Å². The first-order valence-electron chi connectivity index (χ1n) is 6.28. The van der Waals surface area contributed by atoms with Crippen molar-refractivity contribution in [3.63, 3.8) is 0 Å². The lowest BCUT2D eigenvalue weighted by Gasteiger charge is -2.11. The van der Waals surface area contributed by atoms with Crippen molar-refractivity contribution >= 4 is 5.69 Å². The number of aryl methyl sites for hydroxylation is 1. The summed E-state index contributed by atoms with van der Waals surface area (Å²) in [6.07, 6.45) is 1.18. The second kappa shape index (κ2) is 3.13. The van der Waals surface area contributed by atoms with Crippen LogP contribution in [0, 0.1) is 6.92 Å². The van der Waals surface area contributed by atoms with Crippen molar-refractivity contribution in [3.05, 3.63) is 64.7 Å². The highest BCUT2D eigenvalue weighted by Gasteiger charge is 2.39. The number of hydrogen-bond acceptors (Lipinski definition) is 1. The van der Waals surface area contributed by atoms with Crippen molar-refractivity contribution in [1.29, 1.82) is 0 Å². The molecule has 0 amide bonds. The third-order valence-electron chi connectivity index (χ3n) is 4.15. The lowest BCUT2D eigenvalue weighted by molar-refractivity contribution is 0.677. The Morgan fingerprint density at radius 2 is 1.94 bits per heavy atom. The zero-order valence-corrected chi connectivity index (χ0v) is 9.90. The molecule has 0 unspecified atom stereocenters. The van der Waals surface area contributed by atoms with Crippen LogP contribution in [-0.2, 0) is 6.42 Å². The van der Waals surface area contributed by atoms with E-state index in [4.69, 9.17) is 0 Å². The molecule has 1 heterocycles. The molecule has 17 heavy (non-hydrogen) atoms. The topological polar surface area (TPSA) is 12.0 Å². The summed E-state index contributed by atoms with van der Waals surface area (Å²) >= 11 is 0. The van der Waals surface area contributed by atoms with Crippen molar-refractivity contribution in [2.45, 2.75) is 25.3 Å². The minimum atomic E-state index is 0.503. The Hall–Kier alpha value is -1.76. The van der Waals surface area contributed by atoms with E-state index in [2.05, 4.69) is 54.7 Å². The van der Waals surface area contributed by atoms with Gasteiger partial charge >= 0.3 is 0 Å². The SMILES string of the molecule is Cc1ccc2c(c1)[C@H]1Cc3ccccc3[C@H]1N2. The van der Waals surface area contributed by atoms with E-state index in [-0.39, 0.29) is 0 Å². The molecule has 0 radical (unpaired) electrons. The predicted octanol–water partition coefficient (Wildman–Crippen LogP) is 3.80. The minimum absolute atomic E-state index is 0.503. The first kappa shape index (κ1) is 9.29. The van der Waals surface area contributed by atoms with Crippen LogP contribution in [0.15, 0.2) is 42.5 Å². The van der Waals surface area contributed by atoms with Crippen LogP contribution in [0.25, 0.3) is 0 Å². The van der Waals surface area contributed by atoms with E-state index in [0.717, 1.165) is 0 Å². The van der Waals surface area contributed by atoms with Crippen molar-refractivity contribution in [3.8, 4) is 0 Å². The molecule has 84 valence electrons. The number of benzene rings is 2. The summed E-state index contributed by atoms with van der Waals surface area (Å²) in [5.41, 5.74) is 7.21. The summed E-state index contributed by atoms with van der Waals surface area (Å²) in [4.78, 5) is 0. The lowest BCUT2D eigenvalue weighted by atomic mass is 9.95. The van der Waals surface area contributed by atoms with Crippen LogP contribution in [-0.4, -0.2) is 0 Å². The van der Waals surface area contributed by atoms with Gasteiger partial charge in [0.15, 0.2) is 0 Å². The van der Waals surface area contributed by atoms with E-state index in [1.165, 1.54) is 34.4 Å². The predicted molar refractivity (Wildman–Crippen MR) is 70.4 cm³/mol. The fourth-order valence-electron chi connectivity index (χ4n) is 3.35. The van der Waals surface area contributed by atoms with Gasteiger partial charge in [0.2, 0.25) is 0 Å². The number of rotatable bonds is 0. The summed E-state index contributed by atoms with van der Waals surface area (Å²) < 4.78 is 0. The monoisotopic (exact) mass is 221 g/mol. The molecule has 1 aliphatic carbocycles. The van der Waals surface area contributed by atoms with E-state index in [1.807, 2.05) is 0 Å². The van der Waals surface area contributed by atoms with Crippen LogP contribution in [0.2, 0.25) is 0 Å². The van der Waals surface area contributed by atoms with E-state index < -0.39 is 0 Å². The van der Waals surface area contributed by atoms with E-state index in [9.17, 15) is 0 Å². The first-order chi connectivity index (χ1) is 8.33. The average molecular weight is 221 g/mol. The molecule has 0 fully saturated rings. The van der Waals surface area contributed by atoms with Gasteiger partial charge in [0, 0.05) is 11.6 Å². The normalized spacial score (nSPS) is 23.8. The van der Waals surface area contributed by atoms with Crippen molar-refractivity contribution in [2.75, 3.05) is 5.32 Å². The number of fused-ring (bicyclic) bond motifs is 5. The zero-order valence-electron chi connectivity index (χ0n) is 9.90. The van der Waals surface area contributed by atoms with Gasteiger partial charge in [-0.2, -0.15) is 0 Å². The third kappa shape index (κ3) is 1.20. The summed E-state index contributed by atoms with van der Waals surface area (Å²) in [5, 5.41) is 3.68. The number of hydrogen-bond donors (Lipinski definition) is 1. The maximum absolute atomic E-state index is 3.68. The van der Waals surface area contributed by atoms with Gasteiger partial charge in [-0.25, -0.2) is 0 Å². The molecule has 4 rings (SSSR count). The molecule has 1 aliphatic heterocycles. The fraction of sp³-hybridized carbons (Fsp3) is 0.250. The third-order valence-corrected chi connectivity index (χ3v) is 4.15. The van der Waals surface area contributed by atoms with Crippen LogP contribution in [0.3, 0.4) is 0 Å². The molecular formula is C16H15N. The largest absolute Gasteiger partial charge is 0.377 e. The molecule has 0 aromatic heterocycles. The van der Waals surface area contributed by atoms with E-state index >= 15 is 0 Å². The smallest absolute Gasteiger partial charge is 0.0589 e. The van der Waals surface area contributed by atoms with Crippen LogP contribution in [0.4, 0.5) is 5.69 Å². The van der Waals surface area contributed by atoms with E-state index in [1.54, 1.807) is 0 Å². The summed E-state index contributed by atoms with van der Waals surface area (Å²) in [7, 11) is 0. The lowest BCUT2D eigenvalue weighted by Crippen LogP contribution is -2.05. The molecule has 2 atom stereocenters. The maximum atomic E-state index is 3.68. The van der Waals surface area contributed by atoms with Gasteiger partial charge in [-0.05, 0) is 36.1 Å². The Balaban J connectivity index is 1.85. The van der Waals surface area contributed by atoms with Gasteiger partial charge in [0.05, 0.1) is 6.04 Å². The van der Waals surface area contributed by atoms with Crippen LogP contribution in [0.1, 0.15) is 34.2 Å². The summed E-state index contributed by atoms with van der Waals surface area (Å²) in [6, 6.07) is 16.1. The van der Waals surface area contributed by atoms with Crippen LogP contribution in [0.5, 0.6) is 0 Å². The van der Waals surface area contributed by atoms with Gasteiger partial charge < -0.3 is 5.32 Å².